The van der Waals surface area contributed by atoms with Crippen molar-refractivity contribution >= 4 is 5.91 Å². The lowest BCUT2D eigenvalue weighted by Gasteiger charge is -2.16. The van der Waals surface area contributed by atoms with Crippen LogP contribution in [0.15, 0.2) is 42.6 Å². The Kier molecular flexibility index (Phi) is 3.87. The quantitative estimate of drug-likeness (QED) is 0.500. The molecule has 0 bridgehead atoms. The molecular formula is C14H17N3O2. The van der Waals surface area contributed by atoms with Crippen molar-refractivity contribution in [1.82, 2.24) is 9.99 Å². The molecule has 1 amide bonds. The number of nitrogens with zero attached hydrogens (tertiary/aromatic N) is 1. The summed E-state index contributed by atoms with van der Waals surface area (Å²) in [6, 6.07) is 11.1. The first-order chi connectivity index (χ1) is 9.13. The third kappa shape index (κ3) is 2.77. The molecule has 1 aromatic carbocycles. The highest BCUT2D eigenvalue weighted by atomic mass is 16.5. The number of hydrogen-bond donors (Lipinski definition) is 2. The van der Waals surface area contributed by atoms with Crippen molar-refractivity contribution in [2.24, 2.45) is 5.84 Å². The number of para-hydroxylation sites is 2. The maximum Gasteiger partial charge on any atom is 0.282 e. The number of nitrogens with one attached hydrogen (secondary N) is 1. The average Bonchev–Trinajstić information content (AvgIpc) is 2.87. The Hall–Kier alpha value is -2.27. The van der Waals surface area contributed by atoms with Gasteiger partial charge in [0.2, 0.25) is 0 Å². The molecule has 0 unspecified atom stereocenters. The van der Waals surface area contributed by atoms with Crippen LogP contribution in [0.4, 0.5) is 0 Å². The van der Waals surface area contributed by atoms with Crippen LogP contribution in [0.5, 0.6) is 5.75 Å². The molecule has 0 aliphatic heterocycles. The van der Waals surface area contributed by atoms with Gasteiger partial charge < -0.3 is 9.30 Å². The fourth-order valence-corrected chi connectivity index (χ4v) is 1.86. The summed E-state index contributed by atoms with van der Waals surface area (Å²) in [5.74, 6) is 5.56. The number of ether oxygens (including phenoxy) is 1. The minimum absolute atomic E-state index is 0.0588. The van der Waals surface area contributed by atoms with Gasteiger partial charge in [-0.25, -0.2) is 5.84 Å². The Morgan fingerprint density at radius 2 is 2.00 bits per heavy atom. The number of carbonyl (C=O) groups excluding carboxylic acids is 1. The van der Waals surface area contributed by atoms with E-state index in [0.717, 1.165) is 11.4 Å². The highest BCUT2D eigenvalue weighted by Gasteiger charge is 2.14. The van der Waals surface area contributed by atoms with E-state index in [1.54, 1.807) is 22.9 Å². The van der Waals surface area contributed by atoms with Crippen molar-refractivity contribution in [3.63, 3.8) is 0 Å². The van der Waals surface area contributed by atoms with Crippen LogP contribution in [0.1, 0.15) is 24.3 Å². The number of amides is 1. The second kappa shape index (κ2) is 5.58. The molecule has 5 nitrogen and oxygen atoms in total. The molecule has 2 aromatic rings. The van der Waals surface area contributed by atoms with Gasteiger partial charge in [0.25, 0.3) is 5.91 Å². The zero-order chi connectivity index (χ0) is 13.8. The summed E-state index contributed by atoms with van der Waals surface area (Å²) >= 11 is 0. The van der Waals surface area contributed by atoms with Crippen LogP contribution >= 0.6 is 0 Å². The van der Waals surface area contributed by atoms with Crippen LogP contribution in [-0.4, -0.2) is 16.6 Å². The molecule has 100 valence electrons. The SMILES string of the molecule is CC(C)Oc1ccccc1-n1cccc1C(=O)NN. The highest BCUT2D eigenvalue weighted by molar-refractivity contribution is 5.93. The topological polar surface area (TPSA) is 69.3 Å². The van der Waals surface area contributed by atoms with Crippen LogP contribution < -0.4 is 16.0 Å². The van der Waals surface area contributed by atoms with Crippen LogP contribution in [0.2, 0.25) is 0 Å². The largest absolute Gasteiger partial charge is 0.489 e. The monoisotopic (exact) mass is 259 g/mol. The summed E-state index contributed by atoms with van der Waals surface area (Å²) in [7, 11) is 0. The number of rotatable bonds is 4. The van der Waals surface area contributed by atoms with Gasteiger partial charge in [-0.2, -0.15) is 0 Å². The van der Waals surface area contributed by atoms with Crippen LogP contribution in [0.3, 0.4) is 0 Å². The third-order valence-corrected chi connectivity index (χ3v) is 2.60. The van der Waals surface area contributed by atoms with E-state index in [1.165, 1.54) is 0 Å². The highest BCUT2D eigenvalue weighted by Crippen LogP contribution is 2.25. The lowest BCUT2D eigenvalue weighted by molar-refractivity contribution is 0.0947. The molecule has 0 aliphatic carbocycles. The predicted molar refractivity (Wildman–Crippen MR) is 73.2 cm³/mol. The van der Waals surface area contributed by atoms with Crippen molar-refractivity contribution < 1.29 is 9.53 Å². The Balaban J connectivity index is 2.47. The summed E-state index contributed by atoms with van der Waals surface area (Å²) in [5.41, 5.74) is 3.40. The number of benzene rings is 1. The molecule has 3 N–H and O–H groups in total. The Labute approximate surface area is 112 Å². The average molecular weight is 259 g/mol. The summed E-state index contributed by atoms with van der Waals surface area (Å²) in [4.78, 5) is 11.7. The minimum atomic E-state index is -0.343. The van der Waals surface area contributed by atoms with Gasteiger partial charge in [0.15, 0.2) is 0 Å². The van der Waals surface area contributed by atoms with E-state index < -0.39 is 0 Å². The Morgan fingerprint density at radius 1 is 1.26 bits per heavy atom. The second-order valence-electron chi connectivity index (χ2n) is 4.37. The predicted octanol–water partition coefficient (Wildman–Crippen LogP) is 1.87. The molecule has 1 aromatic heterocycles. The van der Waals surface area contributed by atoms with E-state index in [9.17, 15) is 4.79 Å². The second-order valence-corrected chi connectivity index (χ2v) is 4.37. The fourth-order valence-electron chi connectivity index (χ4n) is 1.86. The van der Waals surface area contributed by atoms with Gasteiger partial charge >= 0.3 is 0 Å². The molecular weight excluding hydrogens is 242 g/mol. The van der Waals surface area contributed by atoms with Crippen LogP contribution in [0.25, 0.3) is 5.69 Å². The Bertz CT molecular complexity index is 576. The molecule has 0 saturated carbocycles. The minimum Gasteiger partial charge on any atom is -0.489 e. The number of hydrogen-bond acceptors (Lipinski definition) is 3. The fraction of sp³-hybridized carbons (Fsp3) is 0.214. The lowest BCUT2D eigenvalue weighted by Crippen LogP contribution is -2.31. The van der Waals surface area contributed by atoms with Gasteiger partial charge in [0, 0.05) is 6.20 Å². The van der Waals surface area contributed by atoms with Crippen LogP contribution in [0, 0.1) is 0 Å². The molecule has 0 fully saturated rings. The smallest absolute Gasteiger partial charge is 0.282 e. The maximum atomic E-state index is 11.7. The van der Waals surface area contributed by atoms with E-state index in [1.807, 2.05) is 38.1 Å². The van der Waals surface area contributed by atoms with E-state index >= 15 is 0 Å². The van der Waals surface area contributed by atoms with E-state index in [4.69, 9.17) is 10.6 Å². The number of hydrazine groups is 1. The molecule has 2 rings (SSSR count). The molecule has 19 heavy (non-hydrogen) atoms. The number of carbonyl (C=O) groups is 1. The molecule has 5 heteroatoms. The van der Waals surface area contributed by atoms with Crippen molar-refractivity contribution in [2.75, 3.05) is 0 Å². The zero-order valence-corrected chi connectivity index (χ0v) is 11.0. The zero-order valence-electron chi connectivity index (χ0n) is 11.0. The van der Waals surface area contributed by atoms with Gasteiger partial charge in [0.1, 0.15) is 11.4 Å². The number of aromatic nitrogens is 1. The van der Waals surface area contributed by atoms with Gasteiger partial charge in [-0.15, -0.1) is 0 Å². The van der Waals surface area contributed by atoms with Gasteiger partial charge in [-0.1, -0.05) is 12.1 Å². The summed E-state index contributed by atoms with van der Waals surface area (Å²) in [6.45, 7) is 3.92. The Morgan fingerprint density at radius 3 is 2.68 bits per heavy atom. The van der Waals surface area contributed by atoms with E-state index in [2.05, 4.69) is 5.43 Å². The van der Waals surface area contributed by atoms with Crippen LogP contribution in [-0.2, 0) is 0 Å². The first-order valence-corrected chi connectivity index (χ1v) is 6.08. The third-order valence-electron chi connectivity index (χ3n) is 2.60. The van der Waals surface area contributed by atoms with Gasteiger partial charge in [-0.3, -0.25) is 10.2 Å². The molecule has 0 saturated heterocycles. The molecule has 0 atom stereocenters. The first-order valence-electron chi connectivity index (χ1n) is 6.08. The lowest BCUT2D eigenvalue weighted by atomic mass is 10.2. The molecule has 0 aliphatic rings. The summed E-state index contributed by atoms with van der Waals surface area (Å²) < 4.78 is 7.50. The van der Waals surface area contributed by atoms with Gasteiger partial charge in [-0.05, 0) is 38.1 Å². The van der Waals surface area contributed by atoms with E-state index in [-0.39, 0.29) is 12.0 Å². The first kappa shape index (κ1) is 13.2. The standard InChI is InChI=1S/C14H17N3O2/c1-10(2)19-13-8-4-3-6-11(13)17-9-5-7-12(17)14(18)16-15/h3-10H,15H2,1-2H3,(H,16,18). The summed E-state index contributed by atoms with van der Waals surface area (Å²) in [5, 5.41) is 0. The number of nitrogens with two attached hydrogens (primary N) is 1. The van der Waals surface area contributed by atoms with Crippen molar-refractivity contribution in [3.05, 3.63) is 48.3 Å². The van der Waals surface area contributed by atoms with Crippen molar-refractivity contribution in [1.29, 1.82) is 0 Å². The molecule has 1 heterocycles. The van der Waals surface area contributed by atoms with Gasteiger partial charge in [0.05, 0.1) is 11.8 Å². The van der Waals surface area contributed by atoms with E-state index in [0.29, 0.717) is 5.69 Å². The molecule has 0 radical (unpaired) electrons. The van der Waals surface area contributed by atoms with Crippen molar-refractivity contribution in [2.45, 2.75) is 20.0 Å². The van der Waals surface area contributed by atoms with Crippen molar-refractivity contribution in [3.8, 4) is 11.4 Å². The molecule has 0 spiro atoms. The summed E-state index contributed by atoms with van der Waals surface area (Å²) in [6.07, 6.45) is 1.86. The number of nitrogen functional groups attached to an aromatic ring is 1. The maximum absolute atomic E-state index is 11.7. The normalized spacial score (nSPS) is 10.5.